The van der Waals surface area contributed by atoms with Gasteiger partial charge in [-0.15, -0.1) is 0 Å². The van der Waals surface area contributed by atoms with Crippen LogP contribution in [-0.2, 0) is 4.74 Å². The Balaban J connectivity index is 1.14. The van der Waals surface area contributed by atoms with E-state index in [1.165, 1.54) is 36.1 Å². The summed E-state index contributed by atoms with van der Waals surface area (Å²) in [6.07, 6.45) is 10.6. The molecular formula is C29H42N4O2. The number of hydrogen-bond acceptors (Lipinski definition) is 6. The van der Waals surface area contributed by atoms with E-state index in [0.29, 0.717) is 23.9 Å². The third-order valence-corrected chi connectivity index (χ3v) is 9.53. The second kappa shape index (κ2) is 9.31. The fraction of sp³-hybridized carbons (Fsp3) is 0.655. The van der Waals surface area contributed by atoms with E-state index in [4.69, 9.17) is 10.5 Å². The summed E-state index contributed by atoms with van der Waals surface area (Å²) < 4.78 is 5.43. The van der Waals surface area contributed by atoms with Gasteiger partial charge in [-0.2, -0.15) is 0 Å². The monoisotopic (exact) mass is 478 g/mol. The number of aliphatic hydroxyl groups excluding tert-OH is 1. The molecule has 3 saturated heterocycles. The van der Waals surface area contributed by atoms with Gasteiger partial charge in [0.25, 0.3) is 0 Å². The van der Waals surface area contributed by atoms with Crippen molar-refractivity contribution in [1.29, 1.82) is 0 Å². The maximum atomic E-state index is 11.0. The summed E-state index contributed by atoms with van der Waals surface area (Å²) in [7, 11) is 2.23. The minimum Gasteiger partial charge on any atom is -0.392 e. The number of likely N-dealkylation sites (N-methyl/N-ethyl adjacent to an activating group) is 1. The molecule has 1 aromatic rings. The first-order valence-electron chi connectivity index (χ1n) is 13.6. The minimum atomic E-state index is -0.386. The van der Waals surface area contributed by atoms with Gasteiger partial charge in [0.15, 0.2) is 0 Å². The summed E-state index contributed by atoms with van der Waals surface area (Å²) in [6, 6.07) is 10.2. The lowest BCUT2D eigenvalue weighted by Gasteiger charge is -2.57. The molecule has 0 radical (unpaired) electrons. The Labute approximate surface area is 210 Å². The molecule has 6 atom stereocenters. The van der Waals surface area contributed by atoms with E-state index in [2.05, 4.69) is 71.3 Å². The number of hydrogen-bond donors (Lipinski definition) is 2. The van der Waals surface area contributed by atoms with Crippen LogP contribution in [0.15, 0.2) is 48.2 Å². The van der Waals surface area contributed by atoms with Crippen molar-refractivity contribution in [3.63, 3.8) is 0 Å². The molecule has 0 aromatic heterocycles. The molecule has 0 bridgehead atoms. The van der Waals surface area contributed by atoms with Crippen LogP contribution in [0.2, 0.25) is 0 Å². The average Bonchev–Trinajstić information content (AvgIpc) is 3.23. The summed E-state index contributed by atoms with van der Waals surface area (Å²) in [5.41, 5.74) is 11.1. The second-order valence-electron chi connectivity index (χ2n) is 12.0. The highest BCUT2D eigenvalue weighted by Crippen LogP contribution is 2.42. The molecule has 190 valence electrons. The number of nitrogens with zero attached hydrogens (tertiary/aromatic N) is 3. The summed E-state index contributed by atoms with van der Waals surface area (Å²) in [5.74, 6) is 0.125. The molecule has 6 heteroatoms. The first kappa shape index (κ1) is 23.7. The quantitative estimate of drug-likeness (QED) is 0.679. The Morgan fingerprint density at radius 2 is 1.91 bits per heavy atom. The largest absolute Gasteiger partial charge is 0.392 e. The van der Waals surface area contributed by atoms with Gasteiger partial charge in [0, 0.05) is 61.3 Å². The van der Waals surface area contributed by atoms with Gasteiger partial charge >= 0.3 is 0 Å². The molecule has 4 aliphatic heterocycles. The van der Waals surface area contributed by atoms with Gasteiger partial charge in [-0.25, -0.2) is 0 Å². The van der Waals surface area contributed by atoms with Crippen molar-refractivity contribution in [2.75, 3.05) is 46.4 Å². The van der Waals surface area contributed by atoms with Crippen molar-refractivity contribution in [3.8, 4) is 0 Å². The smallest absolute Gasteiger partial charge is 0.0625 e. The number of ether oxygens (including phenoxy) is 1. The van der Waals surface area contributed by atoms with Crippen LogP contribution >= 0.6 is 0 Å². The van der Waals surface area contributed by atoms with Crippen molar-refractivity contribution in [2.24, 2.45) is 11.1 Å². The SMILES string of the molecule is CC(c1ccc(C2CC(N3C=C(C4CCCN4C)C=CC3)C(N)CC2O)cc1)N1CC2(COC2)C1. The molecule has 1 aliphatic carbocycles. The maximum Gasteiger partial charge on any atom is 0.0625 e. The zero-order chi connectivity index (χ0) is 24.2. The van der Waals surface area contributed by atoms with Crippen molar-refractivity contribution < 1.29 is 9.84 Å². The molecule has 6 unspecified atom stereocenters. The Kier molecular flexibility index (Phi) is 6.30. The predicted octanol–water partition coefficient (Wildman–Crippen LogP) is 2.86. The van der Waals surface area contributed by atoms with Crippen LogP contribution in [-0.4, -0.2) is 90.5 Å². The summed E-state index contributed by atoms with van der Waals surface area (Å²) in [5, 5.41) is 11.0. The molecule has 5 aliphatic rings. The zero-order valence-corrected chi connectivity index (χ0v) is 21.4. The number of nitrogens with two attached hydrogens (primary N) is 1. The Morgan fingerprint density at radius 3 is 2.57 bits per heavy atom. The highest BCUT2D eigenvalue weighted by Gasteiger charge is 2.50. The summed E-state index contributed by atoms with van der Waals surface area (Å²) in [4.78, 5) is 7.47. The van der Waals surface area contributed by atoms with E-state index >= 15 is 0 Å². The number of likely N-dealkylation sites (tertiary alicyclic amines) is 2. The maximum absolute atomic E-state index is 11.0. The Hall–Kier alpha value is -1.70. The van der Waals surface area contributed by atoms with Crippen LogP contribution in [0.4, 0.5) is 0 Å². The standard InChI is InChI=1S/C29H42N4O2/c1-20(33-16-29(17-33)18-35-19-29)21-7-9-22(10-8-21)24-13-27(25(30)14-28(24)34)32-12-3-5-23(15-32)26-6-4-11-31(26)2/h3,5,7-10,15,20,24-28,34H,4,6,11-14,16-19,30H2,1-2H3. The molecule has 1 saturated carbocycles. The van der Waals surface area contributed by atoms with E-state index < -0.39 is 0 Å². The summed E-state index contributed by atoms with van der Waals surface area (Å²) >= 11 is 0. The highest BCUT2D eigenvalue weighted by molar-refractivity contribution is 5.32. The molecule has 4 heterocycles. The number of benzene rings is 1. The third kappa shape index (κ3) is 4.38. The van der Waals surface area contributed by atoms with Gasteiger partial charge in [0.05, 0.1) is 19.3 Å². The molecule has 1 spiro atoms. The fourth-order valence-electron chi connectivity index (χ4n) is 7.18. The van der Waals surface area contributed by atoms with Gasteiger partial charge < -0.3 is 20.5 Å². The van der Waals surface area contributed by atoms with Crippen molar-refractivity contribution >= 4 is 0 Å². The van der Waals surface area contributed by atoms with Crippen LogP contribution in [0.3, 0.4) is 0 Å². The molecule has 0 amide bonds. The molecular weight excluding hydrogens is 436 g/mol. The van der Waals surface area contributed by atoms with Gasteiger partial charge in [0.2, 0.25) is 0 Å². The molecule has 35 heavy (non-hydrogen) atoms. The van der Waals surface area contributed by atoms with E-state index in [0.717, 1.165) is 39.3 Å². The fourth-order valence-corrected chi connectivity index (χ4v) is 7.18. The third-order valence-electron chi connectivity index (χ3n) is 9.53. The number of aliphatic hydroxyl groups is 1. The predicted molar refractivity (Wildman–Crippen MR) is 139 cm³/mol. The van der Waals surface area contributed by atoms with Crippen molar-refractivity contribution in [3.05, 3.63) is 59.3 Å². The number of rotatable bonds is 5. The van der Waals surface area contributed by atoms with Gasteiger partial charge in [-0.3, -0.25) is 9.80 Å². The van der Waals surface area contributed by atoms with Crippen molar-refractivity contribution in [2.45, 2.75) is 68.8 Å². The topological polar surface area (TPSA) is 65.2 Å². The van der Waals surface area contributed by atoms with E-state index in [1.807, 2.05) is 0 Å². The van der Waals surface area contributed by atoms with E-state index in [1.54, 1.807) is 0 Å². The Morgan fingerprint density at radius 1 is 1.14 bits per heavy atom. The van der Waals surface area contributed by atoms with Crippen LogP contribution in [0.1, 0.15) is 55.7 Å². The molecule has 1 aromatic carbocycles. The Bertz CT molecular complexity index is 963. The zero-order valence-electron chi connectivity index (χ0n) is 21.4. The molecule has 3 N–H and O–H groups in total. The van der Waals surface area contributed by atoms with Crippen LogP contribution in [0.5, 0.6) is 0 Å². The van der Waals surface area contributed by atoms with Crippen LogP contribution < -0.4 is 5.73 Å². The lowest BCUT2D eigenvalue weighted by Crippen LogP contribution is -2.66. The lowest BCUT2D eigenvalue weighted by atomic mass is 9.75. The summed E-state index contributed by atoms with van der Waals surface area (Å²) in [6.45, 7) is 8.54. The first-order chi connectivity index (χ1) is 16.9. The van der Waals surface area contributed by atoms with E-state index in [-0.39, 0.29) is 24.1 Å². The normalized spacial score (nSPS) is 36.1. The molecule has 6 rings (SSSR count). The second-order valence-corrected chi connectivity index (χ2v) is 12.0. The van der Waals surface area contributed by atoms with Gasteiger partial charge in [0.1, 0.15) is 0 Å². The minimum absolute atomic E-state index is 0.0138. The highest BCUT2D eigenvalue weighted by atomic mass is 16.5. The van der Waals surface area contributed by atoms with Crippen LogP contribution in [0, 0.1) is 5.41 Å². The van der Waals surface area contributed by atoms with Gasteiger partial charge in [-0.05, 0) is 62.9 Å². The first-order valence-corrected chi connectivity index (χ1v) is 13.6. The van der Waals surface area contributed by atoms with Crippen LogP contribution in [0.25, 0.3) is 0 Å². The molecule has 4 fully saturated rings. The van der Waals surface area contributed by atoms with Gasteiger partial charge in [-0.1, -0.05) is 36.4 Å². The van der Waals surface area contributed by atoms with Crippen molar-refractivity contribution in [1.82, 2.24) is 14.7 Å². The average molecular weight is 479 g/mol. The van der Waals surface area contributed by atoms with E-state index in [9.17, 15) is 5.11 Å². The molecule has 6 nitrogen and oxygen atoms in total. The lowest BCUT2D eigenvalue weighted by molar-refractivity contribution is -0.197.